The summed E-state index contributed by atoms with van der Waals surface area (Å²) < 4.78 is 0. The van der Waals surface area contributed by atoms with Crippen molar-refractivity contribution in [2.45, 2.75) is 65.2 Å². The summed E-state index contributed by atoms with van der Waals surface area (Å²) in [7, 11) is 0. The zero-order chi connectivity index (χ0) is 19.3. The van der Waals surface area contributed by atoms with Crippen molar-refractivity contribution in [3.05, 3.63) is 48.5 Å². The number of nitrogens with one attached hydrogen (secondary N) is 1. The van der Waals surface area contributed by atoms with E-state index >= 15 is 0 Å². The number of nitrogen functional groups attached to an aromatic ring is 1. The van der Waals surface area contributed by atoms with Crippen LogP contribution in [0.5, 0.6) is 0 Å². The summed E-state index contributed by atoms with van der Waals surface area (Å²) in [5.74, 6) is 0. The van der Waals surface area contributed by atoms with E-state index in [2.05, 4.69) is 48.3 Å². The molecule has 0 aliphatic heterocycles. The Bertz CT molecular complexity index is 607. The van der Waals surface area contributed by atoms with Crippen LogP contribution in [0.25, 0.3) is 0 Å². The molecule has 0 fully saturated rings. The highest BCUT2D eigenvalue weighted by Crippen LogP contribution is 2.23. The van der Waals surface area contributed by atoms with Crippen LogP contribution >= 0.6 is 0 Å². The second-order valence-corrected chi connectivity index (χ2v) is 7.40. The molecular weight excluding hydrogens is 330 g/mol. The summed E-state index contributed by atoms with van der Waals surface area (Å²) in [5, 5.41) is 3.44. The van der Waals surface area contributed by atoms with E-state index in [9.17, 15) is 0 Å². The normalized spacial score (nSPS) is 10.7. The van der Waals surface area contributed by atoms with Gasteiger partial charge in [0.05, 0.1) is 0 Å². The third kappa shape index (κ3) is 7.94. The van der Waals surface area contributed by atoms with Gasteiger partial charge < -0.3 is 16.0 Å². The molecule has 0 heterocycles. The van der Waals surface area contributed by atoms with Gasteiger partial charge in [-0.05, 0) is 61.4 Å². The molecule has 0 aliphatic rings. The highest BCUT2D eigenvalue weighted by atomic mass is 15.1. The first-order valence-corrected chi connectivity index (χ1v) is 10.7. The lowest BCUT2D eigenvalue weighted by Crippen LogP contribution is -2.25. The first kappa shape index (κ1) is 21.1. The minimum Gasteiger partial charge on any atom is -0.399 e. The summed E-state index contributed by atoms with van der Waals surface area (Å²) in [6, 6.07) is 16.7. The second-order valence-electron chi connectivity index (χ2n) is 7.40. The Morgan fingerprint density at radius 1 is 0.667 bits per heavy atom. The maximum absolute atomic E-state index is 5.76. The van der Waals surface area contributed by atoms with Crippen molar-refractivity contribution in [3.8, 4) is 0 Å². The van der Waals surface area contributed by atoms with Crippen LogP contribution in [0.2, 0.25) is 0 Å². The van der Waals surface area contributed by atoms with Crippen molar-refractivity contribution >= 4 is 22.7 Å². The predicted molar refractivity (Wildman–Crippen MR) is 121 cm³/mol. The van der Waals surface area contributed by atoms with Gasteiger partial charge in [0.1, 0.15) is 0 Å². The van der Waals surface area contributed by atoms with Gasteiger partial charge in [-0.3, -0.25) is 0 Å². The average molecular weight is 368 g/mol. The van der Waals surface area contributed by atoms with Crippen molar-refractivity contribution < 1.29 is 0 Å². The fourth-order valence-corrected chi connectivity index (χ4v) is 3.32. The first-order valence-electron chi connectivity index (χ1n) is 10.7. The molecule has 2 aromatic carbocycles. The standard InChI is InChI=1S/C24H37N3/c1-3-5-7-9-19-27(20-10-8-6-4-2)24-17-15-23(16-18-24)26-22-13-11-21(25)12-14-22/h11-18,26H,3-10,19-20,25H2,1-2H3. The highest BCUT2D eigenvalue weighted by Gasteiger charge is 2.06. The van der Waals surface area contributed by atoms with Crippen LogP contribution in [0.15, 0.2) is 48.5 Å². The lowest BCUT2D eigenvalue weighted by Gasteiger charge is -2.25. The zero-order valence-electron chi connectivity index (χ0n) is 17.2. The SMILES string of the molecule is CCCCCCN(CCCCCC)c1ccc(Nc2ccc(N)cc2)cc1. The molecule has 0 spiro atoms. The fraction of sp³-hybridized carbons (Fsp3) is 0.500. The van der Waals surface area contributed by atoms with E-state index in [1.807, 2.05) is 24.3 Å². The molecule has 0 bridgehead atoms. The quantitative estimate of drug-likeness (QED) is 0.296. The van der Waals surface area contributed by atoms with Crippen molar-refractivity contribution in [3.63, 3.8) is 0 Å². The topological polar surface area (TPSA) is 41.3 Å². The zero-order valence-corrected chi connectivity index (χ0v) is 17.2. The number of rotatable bonds is 13. The molecule has 0 amide bonds. The van der Waals surface area contributed by atoms with Crippen LogP contribution in [0.4, 0.5) is 22.7 Å². The molecule has 0 saturated heterocycles. The molecule has 0 aliphatic carbocycles. The maximum atomic E-state index is 5.76. The molecule has 148 valence electrons. The van der Waals surface area contributed by atoms with E-state index in [0.29, 0.717) is 0 Å². The van der Waals surface area contributed by atoms with Gasteiger partial charge in [-0.1, -0.05) is 52.4 Å². The third-order valence-corrected chi connectivity index (χ3v) is 4.99. The number of nitrogens with zero attached hydrogens (tertiary/aromatic N) is 1. The Balaban J connectivity index is 1.94. The molecule has 0 unspecified atom stereocenters. The van der Waals surface area contributed by atoms with E-state index in [1.165, 1.54) is 57.1 Å². The van der Waals surface area contributed by atoms with Crippen LogP contribution in [0.1, 0.15) is 65.2 Å². The van der Waals surface area contributed by atoms with Crippen LogP contribution < -0.4 is 16.0 Å². The molecule has 0 atom stereocenters. The van der Waals surface area contributed by atoms with E-state index in [1.54, 1.807) is 0 Å². The smallest absolute Gasteiger partial charge is 0.0385 e. The maximum Gasteiger partial charge on any atom is 0.0385 e. The number of anilines is 4. The van der Waals surface area contributed by atoms with Crippen LogP contribution in [-0.2, 0) is 0 Å². The van der Waals surface area contributed by atoms with E-state index in [0.717, 1.165) is 30.2 Å². The Labute approximate surface area is 166 Å². The Kier molecular flexibility index (Phi) is 9.61. The second kappa shape index (κ2) is 12.3. The molecule has 3 nitrogen and oxygen atoms in total. The highest BCUT2D eigenvalue weighted by molar-refractivity contribution is 5.64. The molecule has 0 radical (unpaired) electrons. The molecule has 3 N–H and O–H groups in total. The van der Waals surface area contributed by atoms with Crippen molar-refractivity contribution in [2.24, 2.45) is 0 Å². The van der Waals surface area contributed by atoms with Crippen molar-refractivity contribution in [2.75, 3.05) is 29.0 Å². The summed E-state index contributed by atoms with van der Waals surface area (Å²) in [5.41, 5.74) is 10.1. The molecule has 2 rings (SSSR count). The van der Waals surface area contributed by atoms with Gasteiger partial charge in [-0.2, -0.15) is 0 Å². The van der Waals surface area contributed by atoms with E-state index in [4.69, 9.17) is 5.73 Å². The average Bonchev–Trinajstić information content (AvgIpc) is 2.69. The molecule has 2 aromatic rings. The lowest BCUT2D eigenvalue weighted by molar-refractivity contribution is 0.609. The number of nitrogens with two attached hydrogens (primary N) is 1. The van der Waals surface area contributed by atoms with Gasteiger partial charge in [-0.15, -0.1) is 0 Å². The Hall–Kier alpha value is -2.16. The largest absolute Gasteiger partial charge is 0.399 e. The minimum atomic E-state index is 0.790. The van der Waals surface area contributed by atoms with E-state index < -0.39 is 0 Å². The van der Waals surface area contributed by atoms with Crippen LogP contribution in [0.3, 0.4) is 0 Å². The summed E-state index contributed by atoms with van der Waals surface area (Å²) >= 11 is 0. The monoisotopic (exact) mass is 367 g/mol. The summed E-state index contributed by atoms with van der Waals surface area (Å²) in [6.45, 7) is 6.87. The van der Waals surface area contributed by atoms with Crippen LogP contribution in [0, 0.1) is 0 Å². The molecule has 0 saturated carbocycles. The van der Waals surface area contributed by atoms with Gasteiger partial charge in [0.15, 0.2) is 0 Å². The fourth-order valence-electron chi connectivity index (χ4n) is 3.32. The van der Waals surface area contributed by atoms with Crippen molar-refractivity contribution in [1.29, 1.82) is 0 Å². The molecule has 27 heavy (non-hydrogen) atoms. The number of unbranched alkanes of at least 4 members (excludes halogenated alkanes) is 6. The molecular formula is C24H37N3. The summed E-state index contributed by atoms with van der Waals surface area (Å²) in [4.78, 5) is 2.57. The van der Waals surface area contributed by atoms with Gasteiger partial charge in [0.2, 0.25) is 0 Å². The first-order chi connectivity index (χ1) is 13.2. The minimum absolute atomic E-state index is 0.790. The van der Waals surface area contributed by atoms with Gasteiger partial charge in [0.25, 0.3) is 0 Å². The predicted octanol–water partition coefficient (Wildman–Crippen LogP) is 6.98. The summed E-state index contributed by atoms with van der Waals surface area (Å²) in [6.07, 6.45) is 10.5. The number of hydrogen-bond donors (Lipinski definition) is 2. The van der Waals surface area contributed by atoms with Gasteiger partial charge in [-0.25, -0.2) is 0 Å². The van der Waals surface area contributed by atoms with Crippen molar-refractivity contribution in [1.82, 2.24) is 0 Å². The Morgan fingerprint density at radius 3 is 1.63 bits per heavy atom. The number of hydrogen-bond acceptors (Lipinski definition) is 3. The lowest BCUT2D eigenvalue weighted by atomic mass is 10.1. The number of benzene rings is 2. The van der Waals surface area contributed by atoms with Gasteiger partial charge in [0, 0.05) is 35.8 Å². The molecule has 0 aromatic heterocycles. The van der Waals surface area contributed by atoms with Gasteiger partial charge >= 0.3 is 0 Å². The Morgan fingerprint density at radius 2 is 1.15 bits per heavy atom. The molecule has 3 heteroatoms. The van der Waals surface area contributed by atoms with E-state index in [-0.39, 0.29) is 0 Å². The van der Waals surface area contributed by atoms with Crippen LogP contribution in [-0.4, -0.2) is 13.1 Å². The third-order valence-electron chi connectivity index (χ3n) is 4.99.